The van der Waals surface area contributed by atoms with Crippen LogP contribution in [0.1, 0.15) is 44.7 Å². The molecule has 0 unspecified atom stereocenters. The number of carbonyl (C=O) groups excluding carboxylic acids is 2. The van der Waals surface area contributed by atoms with Gasteiger partial charge in [0.05, 0.1) is 11.1 Å². The molecule has 0 heterocycles. The maximum atomic E-state index is 12.6. The summed E-state index contributed by atoms with van der Waals surface area (Å²) in [5.74, 6) is -0.443. The largest absolute Gasteiger partial charge is 0.511 e. The second-order valence-electron chi connectivity index (χ2n) is 8.78. The Balaban J connectivity index is 1.28. The zero-order valence-electron chi connectivity index (χ0n) is 20.8. The van der Waals surface area contributed by atoms with Crippen LogP contribution in [0.3, 0.4) is 0 Å². The molecular weight excluding hydrogens is 520 g/mol. The molecule has 10 nitrogen and oxygen atoms in total. The van der Waals surface area contributed by atoms with E-state index in [2.05, 4.69) is 9.47 Å². The molecule has 0 atom stereocenters. The van der Waals surface area contributed by atoms with Gasteiger partial charge in [-0.15, -0.1) is 0 Å². The lowest BCUT2D eigenvalue weighted by Crippen LogP contribution is -2.09. The van der Waals surface area contributed by atoms with Crippen LogP contribution in [0.5, 0.6) is 23.0 Å². The fourth-order valence-corrected chi connectivity index (χ4v) is 4.43. The molecule has 0 spiro atoms. The zero-order valence-corrected chi connectivity index (χ0v) is 20.8. The van der Waals surface area contributed by atoms with E-state index in [4.69, 9.17) is 19.7 Å². The van der Waals surface area contributed by atoms with Crippen molar-refractivity contribution in [3.05, 3.63) is 107 Å². The normalized spacial score (nSPS) is 11.6. The maximum absolute atomic E-state index is 12.6. The first kappa shape index (κ1) is 26.0. The number of rotatable bonds is 6. The molecule has 5 rings (SSSR count). The van der Waals surface area contributed by atoms with E-state index < -0.39 is 24.2 Å². The first-order chi connectivity index (χ1) is 19.2. The van der Waals surface area contributed by atoms with E-state index in [1.165, 1.54) is 48.5 Å². The second kappa shape index (κ2) is 10.6. The number of esters is 2. The smallest absolute Gasteiger partial charge is 0.449 e. The molecule has 0 aliphatic heterocycles. The van der Waals surface area contributed by atoms with Gasteiger partial charge in [-0.3, -0.25) is 0 Å². The monoisotopic (exact) mass is 540 g/mol. The maximum Gasteiger partial charge on any atom is 0.511 e. The molecule has 40 heavy (non-hydrogen) atoms. The molecular formula is C30H20O10. The van der Waals surface area contributed by atoms with Crippen molar-refractivity contribution in [1.29, 1.82) is 0 Å². The lowest BCUT2D eigenvalue weighted by molar-refractivity contribution is 0.0725. The summed E-state index contributed by atoms with van der Waals surface area (Å²) in [6.07, 6.45) is -2.90. The topological polar surface area (TPSA) is 146 Å². The van der Waals surface area contributed by atoms with Gasteiger partial charge in [0, 0.05) is 5.92 Å². The van der Waals surface area contributed by atoms with E-state index in [1.807, 2.05) is 19.1 Å². The highest BCUT2D eigenvalue weighted by molar-refractivity contribution is 5.92. The molecule has 0 fully saturated rings. The van der Waals surface area contributed by atoms with Gasteiger partial charge in [-0.2, -0.15) is 0 Å². The van der Waals surface area contributed by atoms with E-state index in [0.29, 0.717) is 11.5 Å². The van der Waals surface area contributed by atoms with Crippen LogP contribution in [0.15, 0.2) is 84.9 Å². The molecule has 0 radical (unpaired) electrons. The molecule has 200 valence electrons. The summed E-state index contributed by atoms with van der Waals surface area (Å²) in [6, 6.07) is 21.7. The molecule has 0 amide bonds. The van der Waals surface area contributed by atoms with Crippen molar-refractivity contribution in [2.45, 2.75) is 12.8 Å². The summed E-state index contributed by atoms with van der Waals surface area (Å²) < 4.78 is 20.2. The van der Waals surface area contributed by atoms with Gasteiger partial charge >= 0.3 is 24.2 Å². The van der Waals surface area contributed by atoms with Crippen molar-refractivity contribution in [2.24, 2.45) is 0 Å². The minimum Gasteiger partial charge on any atom is -0.449 e. The Hall–Kier alpha value is -5.64. The van der Waals surface area contributed by atoms with Crippen LogP contribution >= 0.6 is 0 Å². The molecule has 0 saturated heterocycles. The molecule has 0 aromatic heterocycles. The van der Waals surface area contributed by atoms with Crippen LogP contribution in [0.25, 0.3) is 11.1 Å². The third kappa shape index (κ3) is 5.46. The Morgan fingerprint density at radius 1 is 0.525 bits per heavy atom. The Labute approximate surface area is 226 Å². The Bertz CT molecular complexity index is 1520. The predicted molar refractivity (Wildman–Crippen MR) is 140 cm³/mol. The number of carbonyl (C=O) groups is 4. The highest BCUT2D eigenvalue weighted by Crippen LogP contribution is 2.47. The zero-order chi connectivity index (χ0) is 28.4. The van der Waals surface area contributed by atoms with Crippen LogP contribution in [0.4, 0.5) is 9.59 Å². The molecule has 0 bridgehead atoms. The molecule has 0 saturated carbocycles. The number of hydrogen-bond acceptors (Lipinski definition) is 8. The number of carboxylic acid groups (broad SMARTS) is 2. The van der Waals surface area contributed by atoms with Crippen molar-refractivity contribution in [2.75, 3.05) is 0 Å². The number of fused-ring (bicyclic) bond motifs is 3. The van der Waals surface area contributed by atoms with Gasteiger partial charge in [0.25, 0.3) is 0 Å². The first-order valence-electron chi connectivity index (χ1n) is 11.9. The quantitative estimate of drug-likeness (QED) is 0.161. The minimum absolute atomic E-state index is 0.0813. The van der Waals surface area contributed by atoms with Crippen LogP contribution in [0.2, 0.25) is 0 Å². The lowest BCUT2D eigenvalue weighted by Gasteiger charge is -2.10. The highest BCUT2D eigenvalue weighted by Gasteiger charge is 2.27. The Morgan fingerprint density at radius 3 is 1.23 bits per heavy atom. The van der Waals surface area contributed by atoms with Gasteiger partial charge in [0.15, 0.2) is 0 Å². The SMILES string of the molecule is CC1c2cc(OC(=O)c3ccc(OC(=O)O)cc3)ccc2-c2ccc(OC(=O)c3ccc(OC(=O)O)cc3)cc21. The van der Waals surface area contributed by atoms with Gasteiger partial charge in [-0.05, 0) is 95.1 Å². The number of hydrogen-bond donors (Lipinski definition) is 2. The van der Waals surface area contributed by atoms with Crippen molar-refractivity contribution in [3.63, 3.8) is 0 Å². The van der Waals surface area contributed by atoms with E-state index >= 15 is 0 Å². The summed E-state index contributed by atoms with van der Waals surface area (Å²) in [5.41, 5.74) is 4.25. The highest BCUT2D eigenvalue weighted by atomic mass is 16.7. The molecule has 2 N–H and O–H groups in total. The third-order valence-corrected chi connectivity index (χ3v) is 6.28. The summed E-state index contributed by atoms with van der Waals surface area (Å²) >= 11 is 0. The summed E-state index contributed by atoms with van der Waals surface area (Å²) in [6.45, 7) is 1.99. The average molecular weight is 540 g/mol. The lowest BCUT2D eigenvalue weighted by atomic mass is 9.99. The van der Waals surface area contributed by atoms with Gasteiger partial charge in [-0.1, -0.05) is 19.1 Å². The molecule has 4 aromatic rings. The van der Waals surface area contributed by atoms with Crippen molar-refractivity contribution < 1.29 is 48.3 Å². The number of benzene rings is 4. The minimum atomic E-state index is -1.45. The van der Waals surface area contributed by atoms with Gasteiger partial charge < -0.3 is 29.2 Å². The first-order valence-corrected chi connectivity index (χ1v) is 11.9. The van der Waals surface area contributed by atoms with E-state index in [0.717, 1.165) is 22.3 Å². The molecule has 4 aromatic carbocycles. The average Bonchev–Trinajstić information content (AvgIpc) is 3.19. The third-order valence-electron chi connectivity index (χ3n) is 6.28. The van der Waals surface area contributed by atoms with Crippen molar-refractivity contribution in [1.82, 2.24) is 0 Å². The molecule has 1 aliphatic rings. The summed E-state index contributed by atoms with van der Waals surface area (Å²) in [7, 11) is 0. The molecule has 1 aliphatic carbocycles. The number of ether oxygens (including phenoxy) is 4. The van der Waals surface area contributed by atoms with Crippen LogP contribution in [-0.4, -0.2) is 34.5 Å². The Morgan fingerprint density at radius 2 is 0.875 bits per heavy atom. The van der Waals surface area contributed by atoms with E-state index in [-0.39, 0.29) is 28.5 Å². The van der Waals surface area contributed by atoms with Crippen LogP contribution < -0.4 is 18.9 Å². The van der Waals surface area contributed by atoms with Gasteiger partial charge in [0.2, 0.25) is 0 Å². The van der Waals surface area contributed by atoms with Gasteiger partial charge in [0.1, 0.15) is 23.0 Å². The summed E-state index contributed by atoms with van der Waals surface area (Å²) in [5, 5.41) is 17.4. The second-order valence-corrected chi connectivity index (χ2v) is 8.78. The van der Waals surface area contributed by atoms with Crippen molar-refractivity contribution in [3.8, 4) is 34.1 Å². The molecule has 10 heteroatoms. The standard InChI is InChI=1S/C30H20O10/c1-16-25-14-21(37-27(31)17-2-6-19(7-3-17)39-29(33)34)10-12-23(25)24-13-11-22(15-26(16)24)38-28(32)18-4-8-20(9-5-18)40-30(35)36/h2-16H,1H3,(H,33,34)(H,35,36). The fourth-order valence-electron chi connectivity index (χ4n) is 4.43. The van der Waals surface area contributed by atoms with E-state index in [1.54, 1.807) is 24.3 Å². The van der Waals surface area contributed by atoms with Gasteiger partial charge in [-0.25, -0.2) is 19.2 Å². The Kier molecular flexibility index (Phi) is 6.90. The fraction of sp³-hybridized carbons (Fsp3) is 0.0667. The predicted octanol–water partition coefficient (Wildman–Crippen LogP) is 6.37. The summed E-state index contributed by atoms with van der Waals surface area (Å²) in [4.78, 5) is 46.5. The van der Waals surface area contributed by atoms with Crippen LogP contribution in [-0.2, 0) is 0 Å². The van der Waals surface area contributed by atoms with Crippen LogP contribution in [0, 0.1) is 0 Å². The van der Waals surface area contributed by atoms with E-state index in [9.17, 15) is 19.2 Å². The van der Waals surface area contributed by atoms with Crippen molar-refractivity contribution >= 4 is 24.2 Å².